The zero-order chi connectivity index (χ0) is 8.22. The normalized spacial score (nSPS) is 37.9. The van der Waals surface area contributed by atoms with Gasteiger partial charge in [0.05, 0.1) is 0 Å². The number of carbonyl (C=O) groups excluding carboxylic acids is 1. The molecule has 2 atom stereocenters. The molecule has 1 heteroatoms. The Labute approximate surface area is 67.5 Å². The molecule has 0 amide bonds. The van der Waals surface area contributed by atoms with E-state index in [-0.39, 0.29) is 5.78 Å². The van der Waals surface area contributed by atoms with Crippen LogP contribution in [-0.4, -0.2) is 5.78 Å². The molecule has 11 heavy (non-hydrogen) atoms. The number of hydrogen-bond acceptors (Lipinski definition) is 1. The highest BCUT2D eigenvalue weighted by molar-refractivity contribution is 5.95. The third kappa shape index (κ3) is 0.741. The van der Waals surface area contributed by atoms with Gasteiger partial charge in [-0.25, -0.2) is 0 Å². The van der Waals surface area contributed by atoms with Gasteiger partial charge in [0.25, 0.3) is 0 Å². The van der Waals surface area contributed by atoms with Crippen molar-refractivity contribution in [2.24, 2.45) is 17.3 Å². The fourth-order valence-corrected chi connectivity index (χ4v) is 2.55. The molecular weight excluding hydrogens is 136 g/mol. The fourth-order valence-electron chi connectivity index (χ4n) is 2.55. The number of allylic oxidation sites excluding steroid dienone is 2. The van der Waals surface area contributed by atoms with Crippen LogP contribution in [0.3, 0.4) is 0 Å². The summed E-state index contributed by atoms with van der Waals surface area (Å²) in [5, 5.41) is 0. The second-order valence-electron chi connectivity index (χ2n) is 4.36. The summed E-state index contributed by atoms with van der Waals surface area (Å²) in [5.74, 6) is 1.66. The molecule has 0 radical (unpaired) electrons. The van der Waals surface area contributed by atoms with Gasteiger partial charge < -0.3 is 0 Å². The van der Waals surface area contributed by atoms with Crippen LogP contribution in [0.1, 0.15) is 27.2 Å². The Morgan fingerprint density at radius 1 is 1.64 bits per heavy atom. The van der Waals surface area contributed by atoms with Crippen molar-refractivity contribution in [3.05, 3.63) is 11.6 Å². The molecule has 0 aliphatic heterocycles. The topological polar surface area (TPSA) is 17.1 Å². The first kappa shape index (κ1) is 7.08. The molecule has 1 saturated carbocycles. The Morgan fingerprint density at radius 3 is 2.55 bits per heavy atom. The van der Waals surface area contributed by atoms with E-state index in [1.807, 2.05) is 0 Å². The third-order valence-corrected chi connectivity index (χ3v) is 3.38. The SMILES string of the molecule is CC(=O)C1=CC[C@@H]2[C@H]1C2(C)C. The standard InChI is InChI=1S/C10H14O/c1-6(11)7-4-5-8-9(7)10(8,2)3/h4,8-9H,5H2,1-3H3/t8-,9+/m1/s1. The maximum Gasteiger partial charge on any atom is 0.155 e. The molecule has 0 aromatic carbocycles. The van der Waals surface area contributed by atoms with Crippen molar-refractivity contribution < 1.29 is 4.79 Å². The van der Waals surface area contributed by atoms with Crippen molar-refractivity contribution in [3.8, 4) is 0 Å². The lowest BCUT2D eigenvalue weighted by molar-refractivity contribution is -0.113. The second kappa shape index (κ2) is 1.77. The van der Waals surface area contributed by atoms with Crippen LogP contribution in [0.4, 0.5) is 0 Å². The molecular formula is C10H14O. The number of Topliss-reactive ketones (excluding diaryl/α,β-unsaturated/α-hetero) is 1. The van der Waals surface area contributed by atoms with Crippen molar-refractivity contribution in [2.75, 3.05) is 0 Å². The summed E-state index contributed by atoms with van der Waals surface area (Å²) in [6, 6.07) is 0. The number of rotatable bonds is 1. The Morgan fingerprint density at radius 2 is 2.27 bits per heavy atom. The van der Waals surface area contributed by atoms with Crippen LogP contribution < -0.4 is 0 Å². The van der Waals surface area contributed by atoms with Gasteiger partial charge in [-0.3, -0.25) is 4.79 Å². The Hall–Kier alpha value is -0.590. The molecule has 2 aliphatic rings. The van der Waals surface area contributed by atoms with E-state index >= 15 is 0 Å². The summed E-state index contributed by atoms with van der Waals surface area (Å²) >= 11 is 0. The number of ketones is 1. The highest BCUT2D eigenvalue weighted by atomic mass is 16.1. The van der Waals surface area contributed by atoms with E-state index in [4.69, 9.17) is 0 Å². The van der Waals surface area contributed by atoms with E-state index in [9.17, 15) is 4.79 Å². The lowest BCUT2D eigenvalue weighted by Crippen LogP contribution is -2.03. The molecule has 0 N–H and O–H groups in total. The van der Waals surface area contributed by atoms with Gasteiger partial charge in [0.2, 0.25) is 0 Å². The van der Waals surface area contributed by atoms with Gasteiger partial charge in [0.1, 0.15) is 0 Å². The third-order valence-electron chi connectivity index (χ3n) is 3.38. The highest BCUT2D eigenvalue weighted by Crippen LogP contribution is 2.66. The van der Waals surface area contributed by atoms with Gasteiger partial charge in [0.15, 0.2) is 5.78 Å². The molecule has 0 unspecified atom stereocenters. The van der Waals surface area contributed by atoms with Crippen molar-refractivity contribution in [1.82, 2.24) is 0 Å². The smallest absolute Gasteiger partial charge is 0.155 e. The molecule has 1 nitrogen and oxygen atoms in total. The van der Waals surface area contributed by atoms with E-state index < -0.39 is 0 Å². The van der Waals surface area contributed by atoms with Gasteiger partial charge in [-0.05, 0) is 36.2 Å². The van der Waals surface area contributed by atoms with Crippen molar-refractivity contribution in [1.29, 1.82) is 0 Å². The second-order valence-corrected chi connectivity index (χ2v) is 4.36. The number of fused-ring (bicyclic) bond motifs is 1. The Bertz CT molecular complexity index is 248. The van der Waals surface area contributed by atoms with Crippen LogP contribution in [0.15, 0.2) is 11.6 Å². The van der Waals surface area contributed by atoms with Crippen LogP contribution >= 0.6 is 0 Å². The van der Waals surface area contributed by atoms with Crippen LogP contribution in [0.2, 0.25) is 0 Å². The molecule has 0 heterocycles. The monoisotopic (exact) mass is 150 g/mol. The van der Waals surface area contributed by atoms with Crippen molar-refractivity contribution >= 4 is 5.78 Å². The first-order valence-electron chi connectivity index (χ1n) is 4.26. The molecule has 60 valence electrons. The maximum atomic E-state index is 11.1. The lowest BCUT2D eigenvalue weighted by atomic mass is 9.98. The molecule has 0 spiro atoms. The summed E-state index contributed by atoms with van der Waals surface area (Å²) in [6.07, 6.45) is 3.26. The fraction of sp³-hybridized carbons (Fsp3) is 0.700. The van der Waals surface area contributed by atoms with Crippen LogP contribution in [0, 0.1) is 17.3 Å². The molecule has 0 aromatic rings. The Balaban J connectivity index is 2.23. The predicted molar refractivity (Wildman–Crippen MR) is 44.1 cm³/mol. The summed E-state index contributed by atoms with van der Waals surface area (Å²) in [6.45, 7) is 6.21. The zero-order valence-corrected chi connectivity index (χ0v) is 7.35. The molecule has 1 fully saturated rings. The zero-order valence-electron chi connectivity index (χ0n) is 7.35. The van der Waals surface area contributed by atoms with Gasteiger partial charge in [-0.2, -0.15) is 0 Å². The predicted octanol–water partition coefficient (Wildman–Crippen LogP) is 2.18. The number of hydrogen-bond donors (Lipinski definition) is 0. The van der Waals surface area contributed by atoms with E-state index in [0.717, 1.165) is 17.9 Å². The minimum Gasteiger partial charge on any atom is -0.295 e. The molecule has 0 saturated heterocycles. The van der Waals surface area contributed by atoms with E-state index in [2.05, 4.69) is 19.9 Å². The minimum absolute atomic E-state index is 0.281. The molecule has 0 aromatic heterocycles. The van der Waals surface area contributed by atoms with Gasteiger partial charge in [-0.1, -0.05) is 19.9 Å². The van der Waals surface area contributed by atoms with Gasteiger partial charge >= 0.3 is 0 Å². The van der Waals surface area contributed by atoms with Crippen molar-refractivity contribution in [2.45, 2.75) is 27.2 Å². The van der Waals surface area contributed by atoms with E-state index in [1.165, 1.54) is 0 Å². The average Bonchev–Trinajstić information content (AvgIpc) is 2.34. The molecule has 2 rings (SSSR count). The first-order chi connectivity index (χ1) is 5.05. The summed E-state index contributed by atoms with van der Waals surface area (Å²) < 4.78 is 0. The minimum atomic E-state index is 0.281. The van der Waals surface area contributed by atoms with E-state index in [0.29, 0.717) is 11.3 Å². The summed E-state index contributed by atoms with van der Waals surface area (Å²) in [4.78, 5) is 11.1. The molecule has 0 bridgehead atoms. The first-order valence-corrected chi connectivity index (χ1v) is 4.26. The van der Waals surface area contributed by atoms with Crippen molar-refractivity contribution in [3.63, 3.8) is 0 Å². The van der Waals surface area contributed by atoms with Crippen LogP contribution in [0.25, 0.3) is 0 Å². The van der Waals surface area contributed by atoms with Crippen LogP contribution in [-0.2, 0) is 4.79 Å². The van der Waals surface area contributed by atoms with Gasteiger partial charge in [-0.15, -0.1) is 0 Å². The van der Waals surface area contributed by atoms with E-state index in [1.54, 1.807) is 6.92 Å². The average molecular weight is 150 g/mol. The lowest BCUT2D eigenvalue weighted by Gasteiger charge is -2.06. The largest absolute Gasteiger partial charge is 0.295 e. The quantitative estimate of drug-likeness (QED) is 0.560. The molecule has 2 aliphatic carbocycles. The summed E-state index contributed by atoms with van der Waals surface area (Å²) in [5.41, 5.74) is 1.52. The van der Waals surface area contributed by atoms with Crippen LogP contribution in [0.5, 0.6) is 0 Å². The highest BCUT2D eigenvalue weighted by Gasteiger charge is 2.61. The summed E-state index contributed by atoms with van der Waals surface area (Å²) in [7, 11) is 0. The maximum absolute atomic E-state index is 11.1. The number of carbonyl (C=O) groups is 1. The van der Waals surface area contributed by atoms with Gasteiger partial charge in [0, 0.05) is 0 Å². The Kier molecular flexibility index (Phi) is 1.14.